The van der Waals surface area contributed by atoms with Crippen LogP contribution in [0.4, 0.5) is 0 Å². The van der Waals surface area contributed by atoms with Gasteiger partial charge in [0.05, 0.1) is 16.7 Å². The summed E-state index contributed by atoms with van der Waals surface area (Å²) in [5.41, 5.74) is 1.48. The molecule has 14 heavy (non-hydrogen) atoms. The van der Waals surface area contributed by atoms with Gasteiger partial charge in [0.1, 0.15) is 0 Å². The summed E-state index contributed by atoms with van der Waals surface area (Å²) in [5, 5.41) is 9.99. The first-order valence-electron chi connectivity index (χ1n) is 3.94. The molecule has 0 saturated heterocycles. The molecule has 0 saturated carbocycles. The maximum Gasteiger partial charge on any atom is 0.0972 e. The molecular weight excluding hydrogens is 237 g/mol. The first-order chi connectivity index (χ1) is 6.72. The zero-order chi connectivity index (χ0) is 10.1. The lowest BCUT2D eigenvalue weighted by atomic mass is 10.1. The van der Waals surface area contributed by atoms with Crippen molar-refractivity contribution in [1.29, 1.82) is 5.26 Å². The number of fused-ring (bicyclic) bond motifs is 1. The Morgan fingerprint density at radius 1 is 1.36 bits per heavy atom. The second kappa shape index (κ2) is 3.86. The van der Waals surface area contributed by atoms with Gasteiger partial charge in [-0.15, -0.1) is 11.8 Å². The highest BCUT2D eigenvalue weighted by atomic mass is 35.5. The molecule has 70 valence electrons. The fraction of sp³-hybridized carbons (Fsp3) is 0.100. The Labute approximate surface area is 96.3 Å². The smallest absolute Gasteiger partial charge is 0.0972 e. The van der Waals surface area contributed by atoms with Crippen LogP contribution in [0.2, 0.25) is 5.02 Å². The third-order valence-electron chi connectivity index (χ3n) is 1.95. The number of thioether (sulfide) groups is 1. The van der Waals surface area contributed by atoms with Crippen LogP contribution in [0, 0.1) is 11.3 Å². The molecular formula is C10H5Cl2NS. The minimum Gasteiger partial charge on any atom is -0.193 e. The SMILES string of the molecule is N#CC1=C(Cl)c2cc(Cl)ccc2SC1. The highest BCUT2D eigenvalue weighted by Gasteiger charge is 2.17. The molecule has 0 spiro atoms. The maximum atomic E-state index is 8.82. The lowest BCUT2D eigenvalue weighted by Gasteiger charge is -2.15. The van der Waals surface area contributed by atoms with Crippen LogP contribution in [0.25, 0.3) is 5.03 Å². The van der Waals surface area contributed by atoms with Crippen LogP contribution in [0.5, 0.6) is 0 Å². The van der Waals surface area contributed by atoms with Crippen LogP contribution in [-0.4, -0.2) is 5.75 Å². The normalized spacial score (nSPS) is 14.9. The first kappa shape index (κ1) is 9.92. The van der Waals surface area contributed by atoms with Gasteiger partial charge in [0.2, 0.25) is 0 Å². The van der Waals surface area contributed by atoms with Crippen LogP contribution >= 0.6 is 35.0 Å². The van der Waals surface area contributed by atoms with Gasteiger partial charge in [-0.05, 0) is 18.2 Å². The van der Waals surface area contributed by atoms with E-state index in [1.54, 1.807) is 17.8 Å². The standard InChI is InChI=1S/C10H5Cl2NS/c11-7-1-2-9-8(3-7)10(12)6(4-13)5-14-9/h1-3H,5H2. The predicted molar refractivity (Wildman–Crippen MR) is 60.6 cm³/mol. The number of rotatable bonds is 0. The minimum absolute atomic E-state index is 0.531. The number of nitrogens with zero attached hydrogens (tertiary/aromatic N) is 1. The summed E-state index contributed by atoms with van der Waals surface area (Å²) < 4.78 is 0. The van der Waals surface area contributed by atoms with Gasteiger partial charge >= 0.3 is 0 Å². The van der Waals surface area contributed by atoms with E-state index in [9.17, 15) is 0 Å². The van der Waals surface area contributed by atoms with Crippen LogP contribution < -0.4 is 0 Å². The topological polar surface area (TPSA) is 23.8 Å². The van der Waals surface area contributed by atoms with E-state index >= 15 is 0 Å². The highest BCUT2D eigenvalue weighted by Crippen LogP contribution is 2.39. The van der Waals surface area contributed by atoms with E-state index in [0.29, 0.717) is 21.4 Å². The van der Waals surface area contributed by atoms with Crippen LogP contribution in [0.1, 0.15) is 5.56 Å². The van der Waals surface area contributed by atoms with E-state index < -0.39 is 0 Å². The number of hydrogen-bond donors (Lipinski definition) is 0. The van der Waals surface area contributed by atoms with Crippen molar-refractivity contribution in [3.8, 4) is 6.07 Å². The van der Waals surface area contributed by atoms with Crippen molar-refractivity contribution in [3.05, 3.63) is 34.4 Å². The predicted octanol–water partition coefficient (Wildman–Crippen LogP) is 3.92. The number of halogens is 2. The quantitative estimate of drug-likeness (QED) is 0.688. The first-order valence-corrected chi connectivity index (χ1v) is 5.68. The molecule has 1 heterocycles. The Bertz CT molecular complexity index is 460. The third kappa shape index (κ3) is 1.64. The zero-order valence-electron chi connectivity index (χ0n) is 7.05. The molecule has 0 unspecified atom stereocenters. The van der Waals surface area contributed by atoms with Gasteiger partial charge in [-0.1, -0.05) is 23.2 Å². The summed E-state index contributed by atoms with van der Waals surface area (Å²) in [4.78, 5) is 1.08. The van der Waals surface area contributed by atoms with Crippen molar-refractivity contribution >= 4 is 40.0 Å². The molecule has 1 aromatic rings. The minimum atomic E-state index is 0.531. The van der Waals surface area contributed by atoms with Crippen LogP contribution in [0.15, 0.2) is 28.7 Å². The summed E-state index contributed by atoms with van der Waals surface area (Å²) in [6.45, 7) is 0. The molecule has 1 aliphatic heterocycles. The summed E-state index contributed by atoms with van der Waals surface area (Å²) in [5.74, 6) is 0.643. The fourth-order valence-electron chi connectivity index (χ4n) is 1.26. The number of benzene rings is 1. The Balaban J connectivity index is 2.62. The van der Waals surface area contributed by atoms with Gasteiger partial charge in [0, 0.05) is 21.2 Å². The van der Waals surface area contributed by atoms with E-state index in [2.05, 4.69) is 6.07 Å². The molecule has 0 aromatic heterocycles. The molecule has 0 fully saturated rings. The maximum absolute atomic E-state index is 8.82. The molecule has 0 atom stereocenters. The summed E-state index contributed by atoms with van der Waals surface area (Å²) in [6, 6.07) is 7.65. The van der Waals surface area contributed by atoms with Crippen molar-refractivity contribution in [1.82, 2.24) is 0 Å². The van der Waals surface area contributed by atoms with E-state index in [-0.39, 0.29) is 0 Å². The van der Waals surface area contributed by atoms with E-state index in [4.69, 9.17) is 28.5 Å². The summed E-state index contributed by atoms with van der Waals surface area (Å²) in [6.07, 6.45) is 0. The molecule has 0 bridgehead atoms. The molecule has 2 rings (SSSR count). The van der Waals surface area contributed by atoms with Gasteiger partial charge in [0.15, 0.2) is 0 Å². The van der Waals surface area contributed by atoms with Crippen LogP contribution in [-0.2, 0) is 0 Å². The van der Waals surface area contributed by atoms with E-state index in [1.807, 2.05) is 12.1 Å². The van der Waals surface area contributed by atoms with Gasteiger partial charge in [-0.2, -0.15) is 5.26 Å². The molecule has 1 aromatic carbocycles. The molecule has 0 radical (unpaired) electrons. The number of hydrogen-bond acceptors (Lipinski definition) is 2. The molecule has 1 nitrogen and oxygen atoms in total. The zero-order valence-corrected chi connectivity index (χ0v) is 9.38. The lowest BCUT2D eigenvalue weighted by Crippen LogP contribution is -1.97. The largest absolute Gasteiger partial charge is 0.193 e. The molecule has 0 amide bonds. The third-order valence-corrected chi connectivity index (χ3v) is 3.72. The van der Waals surface area contributed by atoms with Crippen LogP contribution in [0.3, 0.4) is 0 Å². The average Bonchev–Trinajstić information content (AvgIpc) is 2.20. The van der Waals surface area contributed by atoms with E-state index in [1.165, 1.54) is 0 Å². The highest BCUT2D eigenvalue weighted by molar-refractivity contribution is 7.99. The second-order valence-electron chi connectivity index (χ2n) is 2.83. The Morgan fingerprint density at radius 3 is 2.86 bits per heavy atom. The van der Waals surface area contributed by atoms with Crippen molar-refractivity contribution in [3.63, 3.8) is 0 Å². The van der Waals surface area contributed by atoms with Crippen molar-refractivity contribution < 1.29 is 0 Å². The Hall–Kier alpha value is -0.620. The molecule has 0 aliphatic carbocycles. The fourth-order valence-corrected chi connectivity index (χ4v) is 2.82. The summed E-state index contributed by atoms with van der Waals surface area (Å²) >= 11 is 13.5. The summed E-state index contributed by atoms with van der Waals surface area (Å²) in [7, 11) is 0. The molecule has 4 heteroatoms. The van der Waals surface area contributed by atoms with Gasteiger partial charge in [-0.25, -0.2) is 0 Å². The lowest BCUT2D eigenvalue weighted by molar-refractivity contribution is 1.36. The van der Waals surface area contributed by atoms with Crippen molar-refractivity contribution in [2.75, 3.05) is 5.75 Å². The number of nitriles is 1. The molecule has 0 N–H and O–H groups in total. The Morgan fingerprint density at radius 2 is 2.14 bits per heavy atom. The van der Waals surface area contributed by atoms with Crippen molar-refractivity contribution in [2.45, 2.75) is 4.90 Å². The van der Waals surface area contributed by atoms with Crippen molar-refractivity contribution in [2.24, 2.45) is 0 Å². The van der Waals surface area contributed by atoms with E-state index in [0.717, 1.165) is 10.5 Å². The Kier molecular flexibility index (Phi) is 2.73. The second-order valence-corrected chi connectivity index (χ2v) is 4.67. The van der Waals surface area contributed by atoms with Gasteiger partial charge in [-0.3, -0.25) is 0 Å². The van der Waals surface area contributed by atoms with Gasteiger partial charge in [0.25, 0.3) is 0 Å². The monoisotopic (exact) mass is 241 g/mol. The van der Waals surface area contributed by atoms with Gasteiger partial charge < -0.3 is 0 Å². The molecule has 1 aliphatic rings. The average molecular weight is 242 g/mol.